The van der Waals surface area contributed by atoms with Crippen molar-refractivity contribution >= 4 is 17.3 Å². The van der Waals surface area contributed by atoms with Gasteiger partial charge in [-0.1, -0.05) is 18.0 Å². The Kier molecular flexibility index (Phi) is 4.03. The quantitative estimate of drug-likeness (QED) is 0.892. The molecule has 1 saturated carbocycles. The summed E-state index contributed by atoms with van der Waals surface area (Å²) in [5.41, 5.74) is 7.22. The number of hydrogen-bond donors (Lipinski definition) is 1. The Balaban J connectivity index is 2.17. The third-order valence-electron chi connectivity index (χ3n) is 3.97. The second kappa shape index (κ2) is 5.37. The van der Waals surface area contributed by atoms with Gasteiger partial charge in [-0.3, -0.25) is 0 Å². The van der Waals surface area contributed by atoms with Crippen LogP contribution in [-0.2, 0) is 0 Å². The average Bonchev–Trinajstić information content (AvgIpc) is 2.33. The molecule has 2 rings (SSSR count). The van der Waals surface area contributed by atoms with Crippen LogP contribution in [-0.4, -0.2) is 27.2 Å². The van der Waals surface area contributed by atoms with Gasteiger partial charge in [0.25, 0.3) is 0 Å². The maximum absolute atomic E-state index is 6.06. The minimum absolute atomic E-state index is 0.280. The Morgan fingerprint density at radius 3 is 2.67 bits per heavy atom. The molecule has 0 saturated heterocycles. The van der Waals surface area contributed by atoms with E-state index in [1.165, 1.54) is 19.3 Å². The number of ether oxygens (including phenoxy) is 1. The van der Waals surface area contributed by atoms with E-state index in [2.05, 4.69) is 11.9 Å². The highest BCUT2D eigenvalue weighted by Crippen LogP contribution is 2.42. The van der Waals surface area contributed by atoms with Crippen LogP contribution in [0.3, 0.4) is 0 Å². The third kappa shape index (κ3) is 2.57. The van der Waals surface area contributed by atoms with E-state index in [1.807, 2.05) is 18.2 Å². The van der Waals surface area contributed by atoms with Gasteiger partial charge < -0.3 is 15.4 Å². The number of rotatable bonds is 5. The molecule has 0 atom stereocenters. The molecule has 0 heterocycles. The minimum Gasteiger partial charge on any atom is -0.495 e. The lowest BCUT2D eigenvalue weighted by Gasteiger charge is -2.44. The molecule has 0 unspecified atom stereocenters. The van der Waals surface area contributed by atoms with Gasteiger partial charge in [0, 0.05) is 24.0 Å². The Morgan fingerprint density at radius 2 is 2.17 bits per heavy atom. The maximum Gasteiger partial charge on any atom is 0.142 e. The van der Waals surface area contributed by atoms with Crippen molar-refractivity contribution in [2.45, 2.75) is 19.3 Å². The van der Waals surface area contributed by atoms with Crippen LogP contribution in [0.25, 0.3) is 0 Å². The molecule has 1 aliphatic carbocycles. The molecular formula is C14H21ClN2O. The molecule has 1 aromatic carbocycles. The first-order valence-electron chi connectivity index (χ1n) is 6.35. The number of benzene rings is 1. The van der Waals surface area contributed by atoms with Crippen molar-refractivity contribution in [3.8, 4) is 5.75 Å². The molecule has 0 aromatic heterocycles. The summed E-state index contributed by atoms with van der Waals surface area (Å²) in [7, 11) is 3.76. The van der Waals surface area contributed by atoms with Gasteiger partial charge in [-0.25, -0.2) is 0 Å². The van der Waals surface area contributed by atoms with Crippen molar-refractivity contribution in [2.75, 3.05) is 32.1 Å². The largest absolute Gasteiger partial charge is 0.495 e. The fourth-order valence-electron chi connectivity index (χ4n) is 2.65. The number of anilines is 1. The summed E-state index contributed by atoms with van der Waals surface area (Å²) in [4.78, 5) is 2.21. The van der Waals surface area contributed by atoms with Crippen LogP contribution in [0.2, 0.25) is 5.02 Å². The molecule has 2 N–H and O–H groups in total. The first-order chi connectivity index (χ1) is 8.60. The SMILES string of the molecule is COc1ccc(Cl)cc1N(C)CC1(CN)CCC1. The van der Waals surface area contributed by atoms with Gasteiger partial charge in [0.15, 0.2) is 0 Å². The Hall–Kier alpha value is -0.930. The zero-order valence-electron chi connectivity index (χ0n) is 11.1. The van der Waals surface area contributed by atoms with Gasteiger partial charge in [-0.15, -0.1) is 0 Å². The molecule has 0 bridgehead atoms. The molecule has 3 nitrogen and oxygen atoms in total. The summed E-state index contributed by atoms with van der Waals surface area (Å²) < 4.78 is 5.39. The second-order valence-corrected chi connectivity index (χ2v) is 5.67. The van der Waals surface area contributed by atoms with Crippen LogP contribution in [0.4, 0.5) is 5.69 Å². The summed E-state index contributed by atoms with van der Waals surface area (Å²) in [6.45, 7) is 1.71. The molecule has 18 heavy (non-hydrogen) atoms. The Labute approximate surface area is 114 Å². The molecule has 0 spiro atoms. The van der Waals surface area contributed by atoms with Crippen LogP contribution in [0, 0.1) is 5.41 Å². The Morgan fingerprint density at radius 1 is 1.44 bits per heavy atom. The van der Waals surface area contributed by atoms with Gasteiger partial charge in [0.05, 0.1) is 12.8 Å². The molecule has 100 valence electrons. The van der Waals surface area contributed by atoms with E-state index in [9.17, 15) is 0 Å². The van der Waals surface area contributed by atoms with E-state index in [0.717, 1.165) is 29.5 Å². The van der Waals surface area contributed by atoms with Crippen LogP contribution in [0.5, 0.6) is 5.75 Å². The standard InChI is InChI=1S/C14H21ClN2O/c1-17(10-14(9-16)6-3-7-14)12-8-11(15)4-5-13(12)18-2/h4-5,8H,3,6-7,9-10,16H2,1-2H3. The lowest BCUT2D eigenvalue weighted by molar-refractivity contribution is 0.154. The molecule has 1 aromatic rings. The topological polar surface area (TPSA) is 38.5 Å². The molecule has 0 aliphatic heterocycles. The van der Waals surface area contributed by atoms with Gasteiger partial charge in [0.1, 0.15) is 5.75 Å². The van der Waals surface area contributed by atoms with Gasteiger partial charge in [-0.2, -0.15) is 0 Å². The monoisotopic (exact) mass is 268 g/mol. The maximum atomic E-state index is 6.06. The number of nitrogens with zero attached hydrogens (tertiary/aromatic N) is 1. The van der Waals surface area contributed by atoms with E-state index >= 15 is 0 Å². The van der Waals surface area contributed by atoms with Gasteiger partial charge >= 0.3 is 0 Å². The highest BCUT2D eigenvalue weighted by molar-refractivity contribution is 6.30. The van der Waals surface area contributed by atoms with Gasteiger partial charge in [0.2, 0.25) is 0 Å². The van der Waals surface area contributed by atoms with E-state index in [1.54, 1.807) is 7.11 Å². The smallest absolute Gasteiger partial charge is 0.142 e. The van der Waals surface area contributed by atoms with Gasteiger partial charge in [-0.05, 0) is 37.6 Å². The highest BCUT2D eigenvalue weighted by atomic mass is 35.5. The fourth-order valence-corrected chi connectivity index (χ4v) is 2.82. The Bertz CT molecular complexity index is 413. The van der Waals surface area contributed by atoms with E-state index in [4.69, 9.17) is 22.1 Å². The molecule has 4 heteroatoms. The second-order valence-electron chi connectivity index (χ2n) is 5.23. The summed E-state index contributed by atoms with van der Waals surface area (Å²) in [5.74, 6) is 0.855. The predicted octanol–water partition coefficient (Wildman–Crippen LogP) is 2.91. The molecular weight excluding hydrogens is 248 g/mol. The number of nitrogens with two attached hydrogens (primary N) is 1. The lowest BCUT2D eigenvalue weighted by atomic mass is 9.68. The van der Waals surface area contributed by atoms with Crippen LogP contribution in [0.15, 0.2) is 18.2 Å². The zero-order chi connectivity index (χ0) is 13.2. The highest BCUT2D eigenvalue weighted by Gasteiger charge is 2.36. The molecule has 1 fully saturated rings. The molecule has 0 radical (unpaired) electrons. The van der Waals surface area contributed by atoms with E-state index in [-0.39, 0.29) is 5.41 Å². The molecule has 0 amide bonds. The average molecular weight is 269 g/mol. The summed E-state index contributed by atoms with van der Waals surface area (Å²) in [6.07, 6.45) is 3.73. The van der Waals surface area contributed by atoms with Crippen LogP contribution >= 0.6 is 11.6 Å². The van der Waals surface area contributed by atoms with E-state index < -0.39 is 0 Å². The van der Waals surface area contributed by atoms with Crippen molar-refractivity contribution in [3.63, 3.8) is 0 Å². The summed E-state index contributed by atoms with van der Waals surface area (Å²) >= 11 is 6.06. The first kappa shape index (κ1) is 13.5. The zero-order valence-corrected chi connectivity index (χ0v) is 11.8. The summed E-state index contributed by atoms with van der Waals surface area (Å²) in [5, 5.41) is 0.730. The normalized spacial score (nSPS) is 17.1. The first-order valence-corrected chi connectivity index (χ1v) is 6.73. The minimum atomic E-state index is 0.280. The lowest BCUT2D eigenvalue weighted by Crippen LogP contribution is -2.46. The number of methoxy groups -OCH3 is 1. The predicted molar refractivity (Wildman–Crippen MR) is 76.6 cm³/mol. The summed E-state index contributed by atoms with van der Waals surface area (Å²) in [6, 6.07) is 5.70. The number of halogens is 1. The van der Waals surface area contributed by atoms with Crippen molar-refractivity contribution in [2.24, 2.45) is 11.1 Å². The van der Waals surface area contributed by atoms with Crippen molar-refractivity contribution in [1.29, 1.82) is 0 Å². The van der Waals surface area contributed by atoms with Crippen molar-refractivity contribution in [3.05, 3.63) is 23.2 Å². The third-order valence-corrected chi connectivity index (χ3v) is 4.21. The van der Waals surface area contributed by atoms with Crippen LogP contribution in [0.1, 0.15) is 19.3 Å². The van der Waals surface area contributed by atoms with E-state index in [0.29, 0.717) is 0 Å². The number of hydrogen-bond acceptors (Lipinski definition) is 3. The van der Waals surface area contributed by atoms with Crippen molar-refractivity contribution in [1.82, 2.24) is 0 Å². The van der Waals surface area contributed by atoms with Crippen molar-refractivity contribution < 1.29 is 4.74 Å². The van der Waals surface area contributed by atoms with Crippen LogP contribution < -0.4 is 15.4 Å². The fraction of sp³-hybridized carbons (Fsp3) is 0.571. The molecule has 1 aliphatic rings.